The fourth-order valence-corrected chi connectivity index (χ4v) is 1.74. The van der Waals surface area contributed by atoms with Crippen molar-refractivity contribution in [3.63, 3.8) is 0 Å². The number of nitrogens with one attached hydrogen (secondary N) is 1. The number of hydrogen-bond acceptors (Lipinski definition) is 3. The third kappa shape index (κ3) is 4.75. The first-order valence-corrected chi connectivity index (χ1v) is 6.26. The number of benzene rings is 1. The van der Waals surface area contributed by atoms with Gasteiger partial charge >= 0.3 is 0 Å². The number of methoxy groups -OCH3 is 1. The van der Waals surface area contributed by atoms with Crippen LogP contribution in [0.1, 0.15) is 38.3 Å². The van der Waals surface area contributed by atoms with Crippen LogP contribution >= 0.6 is 0 Å². The Morgan fingerprint density at radius 3 is 2.41 bits per heavy atom. The van der Waals surface area contributed by atoms with Gasteiger partial charge in [0.15, 0.2) is 6.79 Å². The van der Waals surface area contributed by atoms with Crippen LogP contribution in [-0.4, -0.2) is 20.4 Å². The Morgan fingerprint density at radius 2 is 1.88 bits per heavy atom. The normalized spacial score (nSPS) is 12.4. The summed E-state index contributed by atoms with van der Waals surface area (Å²) in [6.07, 6.45) is 2.25. The molecule has 1 unspecified atom stereocenters. The maximum Gasteiger partial charge on any atom is 0.188 e. The summed E-state index contributed by atoms with van der Waals surface area (Å²) in [5, 5.41) is 3.53. The standard InChI is InChI=1S/C14H23NO2/c1-4-10-15-14(5-2)12-6-8-13(9-7-12)17-11-16-3/h6-9,14-15H,4-5,10-11H2,1-3H3. The van der Waals surface area contributed by atoms with Gasteiger partial charge in [0.1, 0.15) is 5.75 Å². The van der Waals surface area contributed by atoms with Crippen molar-refractivity contribution in [2.24, 2.45) is 0 Å². The second-order valence-electron chi connectivity index (χ2n) is 4.03. The molecule has 0 aliphatic carbocycles. The molecule has 1 N–H and O–H groups in total. The van der Waals surface area contributed by atoms with Crippen LogP contribution in [0.25, 0.3) is 0 Å². The first-order valence-electron chi connectivity index (χ1n) is 6.26. The minimum atomic E-state index is 0.296. The summed E-state index contributed by atoms with van der Waals surface area (Å²) in [5.74, 6) is 0.848. The van der Waals surface area contributed by atoms with Crippen molar-refractivity contribution in [3.05, 3.63) is 29.8 Å². The van der Waals surface area contributed by atoms with Crippen LogP contribution in [0.4, 0.5) is 0 Å². The highest BCUT2D eigenvalue weighted by Crippen LogP contribution is 2.20. The third-order valence-electron chi connectivity index (χ3n) is 2.67. The zero-order chi connectivity index (χ0) is 12.5. The highest BCUT2D eigenvalue weighted by molar-refractivity contribution is 5.29. The van der Waals surface area contributed by atoms with Gasteiger partial charge in [0.2, 0.25) is 0 Å². The van der Waals surface area contributed by atoms with E-state index in [1.807, 2.05) is 12.1 Å². The van der Waals surface area contributed by atoms with Crippen molar-refractivity contribution < 1.29 is 9.47 Å². The van der Waals surface area contributed by atoms with Crippen LogP contribution in [0.2, 0.25) is 0 Å². The topological polar surface area (TPSA) is 30.5 Å². The van der Waals surface area contributed by atoms with Crippen molar-refractivity contribution in [2.45, 2.75) is 32.7 Å². The monoisotopic (exact) mass is 237 g/mol. The first kappa shape index (κ1) is 14.0. The molecule has 0 aliphatic rings. The highest BCUT2D eigenvalue weighted by atomic mass is 16.7. The predicted molar refractivity (Wildman–Crippen MR) is 70.3 cm³/mol. The first-order chi connectivity index (χ1) is 8.31. The molecule has 96 valence electrons. The maximum atomic E-state index is 5.36. The fraction of sp³-hybridized carbons (Fsp3) is 0.571. The molecule has 3 heteroatoms. The molecule has 1 aromatic rings. The molecule has 0 fully saturated rings. The molecule has 0 aromatic heterocycles. The molecular weight excluding hydrogens is 214 g/mol. The van der Waals surface area contributed by atoms with E-state index in [4.69, 9.17) is 9.47 Å². The molecule has 0 amide bonds. The second kappa shape index (κ2) is 8.09. The Hall–Kier alpha value is -1.06. The summed E-state index contributed by atoms with van der Waals surface area (Å²) in [7, 11) is 1.62. The molecule has 17 heavy (non-hydrogen) atoms. The molecular formula is C14H23NO2. The molecule has 0 heterocycles. The van der Waals surface area contributed by atoms with Crippen molar-refractivity contribution >= 4 is 0 Å². The Balaban J connectivity index is 2.57. The molecule has 0 saturated carbocycles. The molecule has 1 aromatic carbocycles. The molecule has 3 nitrogen and oxygen atoms in total. The fourth-order valence-electron chi connectivity index (χ4n) is 1.74. The maximum absolute atomic E-state index is 5.36. The molecule has 0 aliphatic heterocycles. The molecule has 0 radical (unpaired) electrons. The van der Waals surface area contributed by atoms with Gasteiger partial charge in [-0.05, 0) is 37.1 Å². The van der Waals surface area contributed by atoms with E-state index in [1.165, 1.54) is 5.56 Å². The highest BCUT2D eigenvalue weighted by Gasteiger charge is 2.07. The van der Waals surface area contributed by atoms with E-state index in [0.717, 1.165) is 25.1 Å². The van der Waals surface area contributed by atoms with Gasteiger partial charge < -0.3 is 14.8 Å². The molecule has 0 saturated heterocycles. The van der Waals surface area contributed by atoms with E-state index < -0.39 is 0 Å². The largest absolute Gasteiger partial charge is 0.468 e. The minimum Gasteiger partial charge on any atom is -0.468 e. The van der Waals surface area contributed by atoms with Crippen LogP contribution < -0.4 is 10.1 Å². The van der Waals surface area contributed by atoms with Gasteiger partial charge in [-0.15, -0.1) is 0 Å². The summed E-state index contributed by atoms with van der Waals surface area (Å²) < 4.78 is 10.2. The lowest BCUT2D eigenvalue weighted by atomic mass is 10.0. The van der Waals surface area contributed by atoms with Gasteiger partial charge in [-0.1, -0.05) is 26.0 Å². The zero-order valence-electron chi connectivity index (χ0n) is 11.0. The van der Waals surface area contributed by atoms with E-state index in [-0.39, 0.29) is 0 Å². The quantitative estimate of drug-likeness (QED) is 0.705. The number of rotatable bonds is 8. The van der Waals surface area contributed by atoms with Crippen molar-refractivity contribution in [1.29, 1.82) is 0 Å². The van der Waals surface area contributed by atoms with Gasteiger partial charge in [-0.3, -0.25) is 0 Å². The van der Waals surface area contributed by atoms with Gasteiger partial charge in [0.05, 0.1) is 0 Å². The SMILES string of the molecule is CCCNC(CC)c1ccc(OCOC)cc1. The van der Waals surface area contributed by atoms with E-state index in [0.29, 0.717) is 12.8 Å². The molecule has 0 spiro atoms. The van der Waals surface area contributed by atoms with Gasteiger partial charge in [0, 0.05) is 13.2 Å². The van der Waals surface area contributed by atoms with Crippen LogP contribution in [0.3, 0.4) is 0 Å². The minimum absolute atomic E-state index is 0.296. The van der Waals surface area contributed by atoms with Crippen LogP contribution in [0.5, 0.6) is 5.75 Å². The van der Waals surface area contributed by atoms with Gasteiger partial charge in [-0.2, -0.15) is 0 Å². The Morgan fingerprint density at radius 1 is 1.18 bits per heavy atom. The average molecular weight is 237 g/mol. The lowest BCUT2D eigenvalue weighted by molar-refractivity contribution is 0.0511. The summed E-state index contributed by atoms with van der Waals surface area (Å²) in [6.45, 7) is 5.73. The third-order valence-corrected chi connectivity index (χ3v) is 2.67. The molecule has 1 atom stereocenters. The van der Waals surface area contributed by atoms with Crippen LogP contribution in [0.15, 0.2) is 24.3 Å². The zero-order valence-corrected chi connectivity index (χ0v) is 11.0. The van der Waals surface area contributed by atoms with E-state index in [2.05, 4.69) is 31.3 Å². The number of ether oxygens (including phenoxy) is 2. The molecule has 0 bridgehead atoms. The van der Waals surface area contributed by atoms with Crippen LogP contribution in [-0.2, 0) is 4.74 Å². The predicted octanol–water partition coefficient (Wildman–Crippen LogP) is 3.12. The van der Waals surface area contributed by atoms with Crippen molar-refractivity contribution in [3.8, 4) is 5.75 Å². The Bertz CT molecular complexity index is 298. The smallest absolute Gasteiger partial charge is 0.188 e. The second-order valence-corrected chi connectivity index (χ2v) is 4.03. The summed E-state index contributed by atoms with van der Waals surface area (Å²) in [6, 6.07) is 8.64. The van der Waals surface area contributed by atoms with E-state index >= 15 is 0 Å². The van der Waals surface area contributed by atoms with Crippen molar-refractivity contribution in [2.75, 3.05) is 20.4 Å². The Labute approximate surface area is 104 Å². The van der Waals surface area contributed by atoms with Gasteiger partial charge in [-0.25, -0.2) is 0 Å². The average Bonchev–Trinajstić information content (AvgIpc) is 2.38. The summed E-state index contributed by atoms with van der Waals surface area (Å²) in [4.78, 5) is 0. The van der Waals surface area contributed by atoms with E-state index in [1.54, 1.807) is 7.11 Å². The van der Waals surface area contributed by atoms with Crippen molar-refractivity contribution in [1.82, 2.24) is 5.32 Å². The van der Waals surface area contributed by atoms with E-state index in [9.17, 15) is 0 Å². The summed E-state index contributed by atoms with van der Waals surface area (Å²) in [5.41, 5.74) is 1.31. The Kier molecular flexibility index (Phi) is 6.67. The summed E-state index contributed by atoms with van der Waals surface area (Å²) >= 11 is 0. The lowest BCUT2D eigenvalue weighted by Crippen LogP contribution is -2.21. The van der Waals surface area contributed by atoms with Gasteiger partial charge in [0.25, 0.3) is 0 Å². The number of hydrogen-bond donors (Lipinski definition) is 1. The lowest BCUT2D eigenvalue weighted by Gasteiger charge is -2.17. The van der Waals surface area contributed by atoms with Crippen LogP contribution in [0, 0.1) is 0 Å². The molecule has 1 rings (SSSR count).